The molecule has 0 radical (unpaired) electrons. The molecule has 0 unspecified atom stereocenters. The summed E-state index contributed by atoms with van der Waals surface area (Å²) in [6.07, 6.45) is 0.889. The minimum Gasteiger partial charge on any atom is -0.395 e. The lowest BCUT2D eigenvalue weighted by atomic mass is 10.5. The predicted octanol–water partition coefficient (Wildman–Crippen LogP) is -2.52. The van der Waals surface area contributed by atoms with Crippen molar-refractivity contribution in [1.29, 1.82) is 0 Å². The highest BCUT2D eigenvalue weighted by Gasteiger charge is 1.88. The van der Waals surface area contributed by atoms with Crippen LogP contribution >= 0.6 is 0 Å². The summed E-state index contributed by atoms with van der Waals surface area (Å²) in [5.41, 5.74) is 10.5. The van der Waals surface area contributed by atoms with Gasteiger partial charge >= 0.3 is 0 Å². The monoisotopic (exact) mass is 310 g/mol. The summed E-state index contributed by atoms with van der Waals surface area (Å²) >= 11 is 0. The molecule has 0 bridgehead atoms. The third-order valence-corrected chi connectivity index (χ3v) is 2.19. The number of aliphatic hydroxyl groups is 2. The van der Waals surface area contributed by atoms with Crippen LogP contribution in [-0.2, 0) is 9.47 Å². The molecule has 0 aromatic carbocycles. The molecule has 8 nitrogen and oxygen atoms in total. The maximum absolute atomic E-state index is 8.37. The molecule has 0 aliphatic heterocycles. The maximum Gasteiger partial charge on any atom is 0.0701 e. The normalized spacial score (nSPS) is 10.3. The Morgan fingerprint density at radius 1 is 0.667 bits per heavy atom. The smallest absolute Gasteiger partial charge is 0.0701 e. The van der Waals surface area contributed by atoms with Crippen molar-refractivity contribution in [2.45, 2.75) is 6.42 Å². The van der Waals surface area contributed by atoms with Gasteiger partial charge in [-0.3, -0.25) is 0 Å². The molecule has 130 valence electrons. The predicted molar refractivity (Wildman–Crippen MR) is 84.3 cm³/mol. The molecule has 0 spiro atoms. The molecular weight excluding hydrogens is 276 g/mol. The summed E-state index contributed by atoms with van der Waals surface area (Å²) in [5, 5.41) is 22.9. The third-order valence-electron chi connectivity index (χ3n) is 2.19. The average Bonchev–Trinajstić information content (AvgIpc) is 2.51. The van der Waals surface area contributed by atoms with E-state index < -0.39 is 0 Å². The van der Waals surface area contributed by atoms with E-state index in [-0.39, 0.29) is 13.2 Å². The van der Waals surface area contributed by atoms with Gasteiger partial charge in [0, 0.05) is 39.3 Å². The van der Waals surface area contributed by atoms with Crippen molar-refractivity contribution in [2.75, 3.05) is 78.9 Å². The molecule has 8 N–H and O–H groups in total. The molecule has 0 rings (SSSR count). The van der Waals surface area contributed by atoms with E-state index in [9.17, 15) is 0 Å². The van der Waals surface area contributed by atoms with Crippen molar-refractivity contribution < 1.29 is 19.7 Å². The summed E-state index contributed by atoms with van der Waals surface area (Å²) < 4.78 is 10.1. The first kappa shape index (κ1) is 23.0. The number of nitrogens with one attached hydrogen (secondary N) is 2. The average molecular weight is 310 g/mol. The molecule has 0 aliphatic rings. The molecule has 0 saturated carbocycles. The Balaban J connectivity index is 0. The zero-order chi connectivity index (χ0) is 16.0. The van der Waals surface area contributed by atoms with Crippen LogP contribution in [0.3, 0.4) is 0 Å². The van der Waals surface area contributed by atoms with Crippen LogP contribution < -0.4 is 22.1 Å². The second-order valence-electron chi connectivity index (χ2n) is 4.10. The lowest BCUT2D eigenvalue weighted by molar-refractivity contribution is 0.0329. The molecule has 0 saturated heterocycles. The van der Waals surface area contributed by atoms with Crippen LogP contribution in [0.4, 0.5) is 0 Å². The van der Waals surface area contributed by atoms with E-state index in [0.717, 1.165) is 26.1 Å². The Labute approximate surface area is 128 Å². The van der Waals surface area contributed by atoms with Gasteiger partial charge in [-0.2, -0.15) is 0 Å². The summed E-state index contributed by atoms with van der Waals surface area (Å²) in [6.45, 7) is 7.17. The molecule has 0 aromatic rings. The molecule has 8 heteroatoms. The fourth-order valence-corrected chi connectivity index (χ4v) is 1.18. The SMILES string of the molecule is NCCCOCCOCCO.NCCNCCNCCO. The fraction of sp³-hybridized carbons (Fsp3) is 1.00. The van der Waals surface area contributed by atoms with Gasteiger partial charge in [-0.1, -0.05) is 0 Å². The number of aliphatic hydroxyl groups excluding tert-OH is 2. The van der Waals surface area contributed by atoms with Gasteiger partial charge in [0.25, 0.3) is 0 Å². The van der Waals surface area contributed by atoms with E-state index in [4.69, 9.17) is 31.2 Å². The van der Waals surface area contributed by atoms with E-state index in [1.54, 1.807) is 0 Å². The van der Waals surface area contributed by atoms with E-state index in [0.29, 0.717) is 46.1 Å². The van der Waals surface area contributed by atoms with E-state index in [1.165, 1.54) is 0 Å². The summed E-state index contributed by atoms with van der Waals surface area (Å²) in [4.78, 5) is 0. The Morgan fingerprint density at radius 2 is 1.29 bits per heavy atom. The maximum atomic E-state index is 8.37. The number of ether oxygens (including phenoxy) is 2. The highest BCUT2D eigenvalue weighted by atomic mass is 16.5. The molecule has 21 heavy (non-hydrogen) atoms. The van der Waals surface area contributed by atoms with Crippen molar-refractivity contribution in [3.05, 3.63) is 0 Å². The van der Waals surface area contributed by atoms with Crippen molar-refractivity contribution in [2.24, 2.45) is 11.5 Å². The van der Waals surface area contributed by atoms with Gasteiger partial charge in [-0.25, -0.2) is 0 Å². The van der Waals surface area contributed by atoms with Crippen molar-refractivity contribution in [1.82, 2.24) is 10.6 Å². The minimum atomic E-state index is 0.0722. The van der Waals surface area contributed by atoms with Crippen LogP contribution in [0.1, 0.15) is 6.42 Å². The first-order valence-corrected chi connectivity index (χ1v) is 7.52. The number of hydrogen-bond donors (Lipinski definition) is 6. The number of nitrogens with two attached hydrogens (primary N) is 2. The highest BCUT2D eigenvalue weighted by molar-refractivity contribution is 4.50. The Morgan fingerprint density at radius 3 is 1.81 bits per heavy atom. The standard InChI is InChI=1S/C7H17NO3.C6H17N3O/c8-2-1-4-10-6-7-11-5-3-9;7-1-2-8-3-4-9-5-6-10/h9H,1-8H2;8-10H,1-7H2. The molecule has 0 aromatic heterocycles. The van der Waals surface area contributed by atoms with Crippen LogP contribution in [0.15, 0.2) is 0 Å². The highest BCUT2D eigenvalue weighted by Crippen LogP contribution is 1.80. The molecular formula is C13H34N4O4. The van der Waals surface area contributed by atoms with Crippen LogP contribution in [0.5, 0.6) is 0 Å². The van der Waals surface area contributed by atoms with Crippen LogP contribution in [0, 0.1) is 0 Å². The van der Waals surface area contributed by atoms with Gasteiger partial charge < -0.3 is 41.8 Å². The van der Waals surface area contributed by atoms with Crippen LogP contribution in [0.2, 0.25) is 0 Å². The summed E-state index contributed by atoms with van der Waals surface area (Å²) in [7, 11) is 0. The van der Waals surface area contributed by atoms with E-state index >= 15 is 0 Å². The third kappa shape index (κ3) is 28.5. The zero-order valence-electron chi connectivity index (χ0n) is 13.1. The van der Waals surface area contributed by atoms with Crippen LogP contribution in [-0.4, -0.2) is 89.1 Å². The first-order chi connectivity index (χ1) is 10.3. The summed E-state index contributed by atoms with van der Waals surface area (Å²) in [6, 6.07) is 0. The summed E-state index contributed by atoms with van der Waals surface area (Å²) in [5.74, 6) is 0. The Bertz CT molecular complexity index is 151. The van der Waals surface area contributed by atoms with E-state index in [1.807, 2.05) is 0 Å². The zero-order valence-corrected chi connectivity index (χ0v) is 13.1. The van der Waals surface area contributed by atoms with Gasteiger partial charge in [0.15, 0.2) is 0 Å². The number of rotatable bonds is 15. The fourth-order valence-electron chi connectivity index (χ4n) is 1.18. The topological polar surface area (TPSA) is 135 Å². The van der Waals surface area contributed by atoms with Gasteiger partial charge in [0.1, 0.15) is 0 Å². The van der Waals surface area contributed by atoms with Gasteiger partial charge in [0.05, 0.1) is 33.0 Å². The van der Waals surface area contributed by atoms with Crippen molar-refractivity contribution in [3.8, 4) is 0 Å². The Kier molecular flexibility index (Phi) is 27.0. The molecule has 0 aliphatic carbocycles. The van der Waals surface area contributed by atoms with Crippen LogP contribution in [0.25, 0.3) is 0 Å². The molecule has 0 fully saturated rings. The molecule has 0 heterocycles. The van der Waals surface area contributed by atoms with E-state index in [2.05, 4.69) is 10.6 Å². The van der Waals surface area contributed by atoms with Gasteiger partial charge in [0.2, 0.25) is 0 Å². The first-order valence-electron chi connectivity index (χ1n) is 7.52. The quantitative estimate of drug-likeness (QED) is 0.182. The second kappa shape index (κ2) is 24.7. The van der Waals surface area contributed by atoms with Gasteiger partial charge in [-0.15, -0.1) is 0 Å². The minimum absolute atomic E-state index is 0.0722. The van der Waals surface area contributed by atoms with Crippen molar-refractivity contribution in [3.63, 3.8) is 0 Å². The Hall–Kier alpha value is -0.320. The molecule has 0 amide bonds. The lowest BCUT2D eigenvalue weighted by Gasteiger charge is -2.02. The number of hydrogen-bond acceptors (Lipinski definition) is 8. The largest absolute Gasteiger partial charge is 0.395 e. The second-order valence-corrected chi connectivity index (χ2v) is 4.10. The lowest BCUT2D eigenvalue weighted by Crippen LogP contribution is -2.31. The van der Waals surface area contributed by atoms with Crippen molar-refractivity contribution >= 4 is 0 Å². The van der Waals surface area contributed by atoms with Gasteiger partial charge in [-0.05, 0) is 13.0 Å². The molecule has 0 atom stereocenters.